The van der Waals surface area contributed by atoms with E-state index in [1.807, 2.05) is 35.7 Å². The van der Waals surface area contributed by atoms with Crippen LogP contribution in [0.15, 0.2) is 37.0 Å². The molecular formula is C22H31NO3S2. The standard InChI is InChI=1S/C22H31NO3S2/c1-2-3-7-13-22(27-15-9-16-28-22)14-8-12-20(24)23-19(17-26-21(23)25)18-10-5-4-6-11-18/h2-3,7-8,12,18-19H,1,4-6,9-11,13-17H2/b7-3+,12-8+/t19-/m0/s1. The van der Waals surface area contributed by atoms with E-state index in [0.29, 0.717) is 12.5 Å². The van der Waals surface area contributed by atoms with E-state index in [-0.39, 0.29) is 16.0 Å². The van der Waals surface area contributed by atoms with Gasteiger partial charge < -0.3 is 4.74 Å². The monoisotopic (exact) mass is 421 g/mol. The Labute approximate surface area is 177 Å². The van der Waals surface area contributed by atoms with E-state index < -0.39 is 6.09 Å². The fraction of sp³-hybridized carbons (Fsp3) is 0.636. The second-order valence-electron chi connectivity index (χ2n) is 7.69. The molecule has 6 heteroatoms. The molecule has 1 saturated carbocycles. The smallest absolute Gasteiger partial charge is 0.417 e. The van der Waals surface area contributed by atoms with Gasteiger partial charge in [-0.05, 0) is 55.6 Å². The number of imide groups is 1. The maximum Gasteiger partial charge on any atom is 0.417 e. The average molecular weight is 422 g/mol. The molecule has 0 aromatic carbocycles. The number of carbonyl (C=O) groups excluding carboxylic acids is 2. The van der Waals surface area contributed by atoms with Gasteiger partial charge in [0, 0.05) is 0 Å². The normalized spacial score (nSPS) is 26.1. The van der Waals surface area contributed by atoms with Crippen molar-refractivity contribution in [1.82, 2.24) is 4.90 Å². The third-order valence-corrected chi connectivity index (χ3v) is 9.16. The molecule has 1 atom stereocenters. The molecule has 2 aliphatic heterocycles. The molecule has 0 unspecified atom stereocenters. The van der Waals surface area contributed by atoms with Gasteiger partial charge in [0.05, 0.1) is 10.1 Å². The summed E-state index contributed by atoms with van der Waals surface area (Å²) in [6.45, 7) is 4.09. The molecule has 0 aromatic heterocycles. The third-order valence-electron chi connectivity index (χ3n) is 5.75. The Hall–Kier alpha value is -1.14. The van der Waals surface area contributed by atoms with Crippen LogP contribution in [0.2, 0.25) is 0 Å². The van der Waals surface area contributed by atoms with Crippen LogP contribution in [0.5, 0.6) is 0 Å². The lowest BCUT2D eigenvalue weighted by atomic mass is 9.84. The van der Waals surface area contributed by atoms with E-state index in [4.69, 9.17) is 4.74 Å². The Morgan fingerprint density at radius 2 is 1.86 bits per heavy atom. The quantitative estimate of drug-likeness (QED) is 0.398. The van der Waals surface area contributed by atoms with Crippen molar-refractivity contribution < 1.29 is 14.3 Å². The molecular weight excluding hydrogens is 390 g/mol. The lowest BCUT2D eigenvalue weighted by Crippen LogP contribution is -2.43. The van der Waals surface area contributed by atoms with Gasteiger partial charge in [-0.15, -0.1) is 23.5 Å². The van der Waals surface area contributed by atoms with Crippen LogP contribution in [0, 0.1) is 5.92 Å². The summed E-state index contributed by atoms with van der Waals surface area (Å²) >= 11 is 3.96. The fourth-order valence-corrected chi connectivity index (χ4v) is 7.45. The molecule has 3 aliphatic rings. The summed E-state index contributed by atoms with van der Waals surface area (Å²) in [7, 11) is 0. The Morgan fingerprint density at radius 1 is 1.14 bits per heavy atom. The van der Waals surface area contributed by atoms with Crippen LogP contribution in [-0.4, -0.2) is 45.1 Å². The zero-order chi connectivity index (χ0) is 19.8. The van der Waals surface area contributed by atoms with Crippen molar-refractivity contribution in [2.45, 2.75) is 61.5 Å². The highest BCUT2D eigenvalue weighted by molar-refractivity contribution is 8.18. The van der Waals surface area contributed by atoms with Crippen molar-refractivity contribution in [2.75, 3.05) is 18.1 Å². The van der Waals surface area contributed by atoms with E-state index in [1.54, 1.807) is 12.2 Å². The molecule has 28 heavy (non-hydrogen) atoms. The molecule has 2 saturated heterocycles. The number of cyclic esters (lactones) is 1. The number of thioether (sulfide) groups is 2. The van der Waals surface area contributed by atoms with Crippen LogP contribution >= 0.6 is 23.5 Å². The molecule has 3 fully saturated rings. The topological polar surface area (TPSA) is 46.6 Å². The Kier molecular flexibility index (Phi) is 8.15. The summed E-state index contributed by atoms with van der Waals surface area (Å²) in [5, 5.41) is 0. The molecule has 154 valence electrons. The predicted molar refractivity (Wildman–Crippen MR) is 119 cm³/mol. The minimum atomic E-state index is -0.477. The summed E-state index contributed by atoms with van der Waals surface area (Å²) in [6.07, 6.45) is 17.8. The molecule has 1 aliphatic carbocycles. The van der Waals surface area contributed by atoms with Gasteiger partial charge in [0.15, 0.2) is 0 Å². The maximum atomic E-state index is 12.8. The first-order valence-electron chi connectivity index (χ1n) is 10.4. The number of allylic oxidation sites excluding steroid dienone is 4. The van der Waals surface area contributed by atoms with Crippen LogP contribution < -0.4 is 0 Å². The molecule has 2 amide bonds. The Morgan fingerprint density at radius 3 is 2.57 bits per heavy atom. The number of hydrogen-bond acceptors (Lipinski definition) is 5. The minimum Gasteiger partial charge on any atom is -0.447 e. The van der Waals surface area contributed by atoms with Gasteiger partial charge in [0.1, 0.15) is 6.61 Å². The van der Waals surface area contributed by atoms with Gasteiger partial charge in [0.2, 0.25) is 0 Å². The molecule has 0 bridgehead atoms. The van der Waals surface area contributed by atoms with E-state index in [1.165, 1.54) is 30.6 Å². The van der Waals surface area contributed by atoms with Gasteiger partial charge in [-0.2, -0.15) is 0 Å². The second-order valence-corrected chi connectivity index (χ2v) is 10.9. The third kappa shape index (κ3) is 5.47. The number of rotatable bonds is 7. The molecule has 0 N–H and O–H groups in total. The van der Waals surface area contributed by atoms with Crippen molar-refractivity contribution in [2.24, 2.45) is 5.92 Å². The van der Waals surface area contributed by atoms with Crippen molar-refractivity contribution in [3.05, 3.63) is 37.0 Å². The van der Waals surface area contributed by atoms with Gasteiger partial charge in [-0.25, -0.2) is 9.69 Å². The summed E-state index contributed by atoms with van der Waals surface area (Å²) in [6, 6.07) is -0.0899. The van der Waals surface area contributed by atoms with Gasteiger partial charge >= 0.3 is 6.09 Å². The van der Waals surface area contributed by atoms with Gasteiger partial charge in [-0.3, -0.25) is 4.79 Å². The van der Waals surface area contributed by atoms with Crippen molar-refractivity contribution in [1.29, 1.82) is 0 Å². The molecule has 0 spiro atoms. The van der Waals surface area contributed by atoms with E-state index in [0.717, 1.165) is 37.2 Å². The van der Waals surface area contributed by atoms with Crippen molar-refractivity contribution in [3.8, 4) is 0 Å². The van der Waals surface area contributed by atoms with Crippen molar-refractivity contribution >= 4 is 35.5 Å². The summed E-state index contributed by atoms with van der Waals surface area (Å²) in [4.78, 5) is 26.4. The number of hydrogen-bond donors (Lipinski definition) is 0. The Balaban J connectivity index is 1.62. The number of carbonyl (C=O) groups is 2. The van der Waals surface area contributed by atoms with E-state index in [2.05, 4.69) is 12.7 Å². The zero-order valence-corrected chi connectivity index (χ0v) is 18.1. The Bertz CT molecular complexity index is 619. The highest BCUT2D eigenvalue weighted by Crippen LogP contribution is 2.47. The SMILES string of the molecule is C=C/C=C/CC1(C/C=C/C(=O)N2C(=O)OC[C@H]2C2CCCCC2)SCCCS1. The largest absolute Gasteiger partial charge is 0.447 e. The van der Waals surface area contributed by atoms with Crippen LogP contribution in [0.3, 0.4) is 0 Å². The highest BCUT2D eigenvalue weighted by Gasteiger charge is 2.41. The van der Waals surface area contributed by atoms with Crippen LogP contribution in [0.4, 0.5) is 4.79 Å². The van der Waals surface area contributed by atoms with Crippen molar-refractivity contribution in [3.63, 3.8) is 0 Å². The molecule has 0 radical (unpaired) electrons. The first-order valence-corrected chi connectivity index (χ1v) is 12.3. The van der Waals surface area contributed by atoms with Crippen LogP contribution in [0.25, 0.3) is 0 Å². The summed E-state index contributed by atoms with van der Waals surface area (Å²) in [5.74, 6) is 2.47. The lowest BCUT2D eigenvalue weighted by molar-refractivity contribution is -0.125. The summed E-state index contributed by atoms with van der Waals surface area (Å²) < 4.78 is 5.31. The second kappa shape index (κ2) is 10.6. The fourth-order valence-electron chi connectivity index (χ4n) is 4.25. The van der Waals surface area contributed by atoms with E-state index >= 15 is 0 Å². The molecule has 0 aromatic rings. The first kappa shape index (κ1) is 21.6. The lowest BCUT2D eigenvalue weighted by Gasteiger charge is -2.34. The van der Waals surface area contributed by atoms with Crippen LogP contribution in [0.1, 0.15) is 51.4 Å². The van der Waals surface area contributed by atoms with Crippen LogP contribution in [-0.2, 0) is 9.53 Å². The van der Waals surface area contributed by atoms with Gasteiger partial charge in [0.25, 0.3) is 5.91 Å². The zero-order valence-electron chi connectivity index (χ0n) is 16.5. The first-order chi connectivity index (χ1) is 13.7. The molecule has 3 rings (SSSR count). The molecule has 4 nitrogen and oxygen atoms in total. The maximum absolute atomic E-state index is 12.8. The minimum absolute atomic E-state index is 0.0723. The number of amides is 2. The van der Waals surface area contributed by atoms with Gasteiger partial charge in [-0.1, -0.05) is 50.1 Å². The summed E-state index contributed by atoms with van der Waals surface area (Å²) in [5.41, 5.74) is 0. The predicted octanol–water partition coefficient (Wildman–Crippen LogP) is 5.56. The number of nitrogens with zero attached hydrogens (tertiary/aromatic N) is 1. The molecule has 2 heterocycles. The number of ether oxygens (including phenoxy) is 1. The average Bonchev–Trinajstić information content (AvgIpc) is 3.11. The van der Waals surface area contributed by atoms with E-state index in [9.17, 15) is 9.59 Å². The highest BCUT2D eigenvalue weighted by atomic mass is 32.2.